The zero-order chi connectivity index (χ0) is 24.9. The summed E-state index contributed by atoms with van der Waals surface area (Å²) in [5.41, 5.74) is 0.844. The van der Waals surface area contributed by atoms with Gasteiger partial charge in [-0.05, 0) is 43.2 Å². The summed E-state index contributed by atoms with van der Waals surface area (Å²) >= 11 is 0. The molecule has 0 unspecified atom stereocenters. The van der Waals surface area contributed by atoms with Crippen molar-refractivity contribution >= 4 is 32.8 Å². The van der Waals surface area contributed by atoms with Crippen LogP contribution in [0.15, 0.2) is 34.9 Å². The number of sulfonamides is 1. The highest BCUT2D eigenvalue weighted by atomic mass is 32.2. The number of carbonyl (C=O) groups is 1. The minimum Gasteiger partial charge on any atom is -0.380 e. The number of rotatable bonds is 7. The SMILES string of the molecule is CCS(=O)(=O)N[C@H]1C[C@H]2CN(c3noc4cc(COC)cc(-c5c(F)cccc5F)c34)C(=O)N2C1. The number of ether oxygens (including phenoxy) is 1. The van der Waals surface area contributed by atoms with Crippen LogP contribution in [0.4, 0.5) is 19.4 Å². The predicted octanol–water partition coefficient (Wildman–Crippen LogP) is 3.24. The van der Waals surface area contributed by atoms with Crippen LogP contribution in [-0.2, 0) is 21.4 Å². The summed E-state index contributed by atoms with van der Waals surface area (Å²) < 4.78 is 66.8. The molecule has 3 heterocycles. The Morgan fingerprint density at radius 2 is 1.97 bits per heavy atom. The van der Waals surface area contributed by atoms with Gasteiger partial charge in [-0.25, -0.2) is 26.7 Å². The Kier molecular flexibility index (Phi) is 5.98. The maximum Gasteiger partial charge on any atom is 0.326 e. The molecule has 2 fully saturated rings. The average molecular weight is 507 g/mol. The Bertz CT molecular complexity index is 1390. The third kappa shape index (κ3) is 4.15. The van der Waals surface area contributed by atoms with Crippen molar-refractivity contribution in [2.75, 3.05) is 30.9 Å². The Labute approximate surface area is 200 Å². The van der Waals surface area contributed by atoms with Gasteiger partial charge in [-0.2, -0.15) is 0 Å². The normalized spacial score (nSPS) is 20.3. The Morgan fingerprint density at radius 3 is 2.63 bits per heavy atom. The van der Waals surface area contributed by atoms with Crippen LogP contribution in [0, 0.1) is 11.6 Å². The van der Waals surface area contributed by atoms with Crippen LogP contribution in [-0.4, -0.2) is 62.5 Å². The monoisotopic (exact) mass is 506 g/mol. The summed E-state index contributed by atoms with van der Waals surface area (Å²) in [5.74, 6) is -1.40. The van der Waals surface area contributed by atoms with Crippen molar-refractivity contribution in [3.8, 4) is 11.1 Å². The second-order valence-corrected chi connectivity index (χ2v) is 10.7. The highest BCUT2D eigenvalue weighted by Gasteiger charge is 2.46. The number of hydrogen-bond donors (Lipinski definition) is 1. The first kappa shape index (κ1) is 23.6. The van der Waals surface area contributed by atoms with Crippen molar-refractivity contribution in [3.63, 3.8) is 0 Å². The maximum absolute atomic E-state index is 14.8. The van der Waals surface area contributed by atoms with Crippen molar-refractivity contribution < 1.29 is 31.3 Å². The quantitative estimate of drug-likeness (QED) is 0.528. The summed E-state index contributed by atoms with van der Waals surface area (Å²) in [5, 5.41) is 4.41. The molecule has 0 spiro atoms. The molecule has 2 atom stereocenters. The highest BCUT2D eigenvalue weighted by molar-refractivity contribution is 7.89. The number of amides is 2. The van der Waals surface area contributed by atoms with Crippen LogP contribution in [0.25, 0.3) is 22.1 Å². The summed E-state index contributed by atoms with van der Waals surface area (Å²) in [4.78, 5) is 16.3. The van der Waals surface area contributed by atoms with Gasteiger partial charge in [-0.3, -0.25) is 4.90 Å². The molecule has 3 aromatic rings. The van der Waals surface area contributed by atoms with E-state index < -0.39 is 21.7 Å². The Morgan fingerprint density at radius 1 is 1.23 bits per heavy atom. The molecule has 12 heteroatoms. The van der Waals surface area contributed by atoms with Gasteiger partial charge >= 0.3 is 6.03 Å². The lowest BCUT2D eigenvalue weighted by atomic mass is 9.97. The molecule has 2 aliphatic rings. The van der Waals surface area contributed by atoms with Crippen LogP contribution in [0.3, 0.4) is 0 Å². The fourth-order valence-electron chi connectivity index (χ4n) is 4.87. The number of nitrogens with zero attached hydrogens (tertiary/aromatic N) is 3. The van der Waals surface area contributed by atoms with E-state index in [4.69, 9.17) is 9.26 Å². The van der Waals surface area contributed by atoms with Gasteiger partial charge in [0.05, 0.1) is 29.4 Å². The molecule has 0 radical (unpaired) electrons. The zero-order valence-corrected chi connectivity index (χ0v) is 19.9. The van der Waals surface area contributed by atoms with Crippen molar-refractivity contribution in [2.24, 2.45) is 0 Å². The largest absolute Gasteiger partial charge is 0.380 e. The number of halogens is 2. The molecule has 0 saturated carbocycles. The van der Waals surface area contributed by atoms with Crippen LogP contribution in [0.2, 0.25) is 0 Å². The first-order chi connectivity index (χ1) is 16.7. The van der Waals surface area contributed by atoms with Gasteiger partial charge in [0.1, 0.15) is 11.6 Å². The minimum absolute atomic E-state index is 0.0421. The van der Waals surface area contributed by atoms with E-state index in [2.05, 4.69) is 9.88 Å². The van der Waals surface area contributed by atoms with Gasteiger partial charge in [0.2, 0.25) is 10.0 Å². The predicted molar refractivity (Wildman–Crippen MR) is 124 cm³/mol. The molecule has 2 aliphatic heterocycles. The van der Waals surface area contributed by atoms with Crippen LogP contribution in [0.5, 0.6) is 0 Å². The molecule has 1 N–H and O–H groups in total. The van der Waals surface area contributed by atoms with Crippen molar-refractivity contribution in [2.45, 2.75) is 32.0 Å². The van der Waals surface area contributed by atoms with E-state index >= 15 is 0 Å². The summed E-state index contributed by atoms with van der Waals surface area (Å²) in [6.07, 6.45) is 0.448. The van der Waals surface area contributed by atoms with E-state index in [0.29, 0.717) is 17.4 Å². The molecule has 9 nitrogen and oxygen atoms in total. The minimum atomic E-state index is -3.40. The number of urea groups is 1. The number of aromatic nitrogens is 1. The molecule has 5 rings (SSSR count). The molecule has 35 heavy (non-hydrogen) atoms. The lowest BCUT2D eigenvalue weighted by Gasteiger charge is -2.18. The van der Waals surface area contributed by atoms with E-state index in [0.717, 1.165) is 12.1 Å². The average Bonchev–Trinajstić information content (AvgIpc) is 3.47. The number of nitrogens with one attached hydrogen (secondary N) is 1. The molecular weight excluding hydrogens is 482 g/mol. The van der Waals surface area contributed by atoms with E-state index in [-0.39, 0.29) is 66.1 Å². The number of anilines is 1. The first-order valence-corrected chi connectivity index (χ1v) is 12.8. The molecule has 186 valence electrons. The molecule has 0 bridgehead atoms. The van der Waals surface area contributed by atoms with Gasteiger partial charge in [-0.1, -0.05) is 11.2 Å². The fourth-order valence-corrected chi connectivity index (χ4v) is 5.71. The van der Waals surface area contributed by atoms with E-state index in [1.54, 1.807) is 24.0 Å². The van der Waals surface area contributed by atoms with Gasteiger partial charge in [0, 0.05) is 31.8 Å². The van der Waals surface area contributed by atoms with E-state index in [1.165, 1.54) is 18.1 Å². The molecule has 0 aliphatic carbocycles. The lowest BCUT2D eigenvalue weighted by Crippen LogP contribution is -2.41. The van der Waals surface area contributed by atoms with E-state index in [9.17, 15) is 22.0 Å². The summed E-state index contributed by atoms with van der Waals surface area (Å²) in [6, 6.07) is 5.89. The molecule has 1 aromatic heterocycles. The maximum atomic E-state index is 14.8. The van der Waals surface area contributed by atoms with Crippen molar-refractivity contribution in [3.05, 3.63) is 47.5 Å². The number of fused-ring (bicyclic) bond motifs is 2. The van der Waals surface area contributed by atoms with Gasteiger partial charge in [0.15, 0.2) is 11.4 Å². The smallest absolute Gasteiger partial charge is 0.326 e. The molecule has 2 aromatic carbocycles. The first-order valence-electron chi connectivity index (χ1n) is 11.2. The summed E-state index contributed by atoms with van der Waals surface area (Å²) in [6.45, 7) is 2.20. The standard InChI is InChI=1S/C23H24F2N4O5S/c1-3-35(31,32)27-14-9-15-11-29(23(30)28(15)10-14)22-21-16(20-17(24)5-4-6-18(20)25)7-13(12-33-2)8-19(21)34-26-22/h4-8,14-15,27H,3,9-12H2,1-2H3/t14-,15-/m0/s1. The van der Waals surface area contributed by atoms with Crippen LogP contribution >= 0.6 is 0 Å². The van der Waals surface area contributed by atoms with Crippen molar-refractivity contribution in [1.29, 1.82) is 0 Å². The fraction of sp³-hybridized carbons (Fsp3) is 0.391. The van der Waals surface area contributed by atoms with Gasteiger partial charge in [0.25, 0.3) is 0 Å². The Hall–Kier alpha value is -3.09. The van der Waals surface area contributed by atoms with Gasteiger partial charge in [-0.15, -0.1) is 0 Å². The third-order valence-corrected chi connectivity index (χ3v) is 7.88. The topological polar surface area (TPSA) is 105 Å². The zero-order valence-electron chi connectivity index (χ0n) is 19.1. The molecular formula is C23H24F2N4O5S. The van der Waals surface area contributed by atoms with Gasteiger partial charge < -0.3 is 14.2 Å². The second kappa shape index (κ2) is 8.85. The van der Waals surface area contributed by atoms with E-state index in [1.807, 2.05) is 0 Å². The number of methoxy groups -OCH3 is 1. The van der Waals surface area contributed by atoms with Crippen molar-refractivity contribution in [1.82, 2.24) is 14.8 Å². The van der Waals surface area contributed by atoms with Crippen LogP contribution in [0.1, 0.15) is 18.9 Å². The molecule has 2 saturated heterocycles. The number of carbonyl (C=O) groups excluding carboxylic acids is 1. The number of hydrogen-bond acceptors (Lipinski definition) is 6. The molecule has 2 amide bonds. The summed E-state index contributed by atoms with van der Waals surface area (Å²) in [7, 11) is -1.90. The third-order valence-electron chi connectivity index (χ3n) is 6.43. The lowest BCUT2D eigenvalue weighted by molar-refractivity contribution is 0.185. The highest BCUT2D eigenvalue weighted by Crippen LogP contribution is 2.41. The second-order valence-electron chi connectivity index (χ2n) is 8.71. The number of benzene rings is 2. The Balaban J connectivity index is 1.54. The van der Waals surface area contributed by atoms with Crippen LogP contribution < -0.4 is 9.62 Å².